The first-order valence-electron chi connectivity index (χ1n) is 6.95. The number of hydrogen-bond acceptors (Lipinski definition) is 5. The van der Waals surface area contributed by atoms with Crippen LogP contribution in [0.4, 0.5) is 11.4 Å². The van der Waals surface area contributed by atoms with Crippen molar-refractivity contribution in [3.63, 3.8) is 0 Å². The number of aliphatic hydroxyl groups excluding tert-OH is 1. The van der Waals surface area contributed by atoms with E-state index in [0.717, 1.165) is 30.6 Å². The van der Waals surface area contributed by atoms with Crippen LogP contribution in [-0.4, -0.2) is 42.4 Å². The minimum Gasteiger partial charge on any atom is -0.394 e. The third-order valence-electron chi connectivity index (χ3n) is 3.59. The lowest BCUT2D eigenvalue weighted by molar-refractivity contribution is -0.384. The van der Waals surface area contributed by atoms with E-state index in [4.69, 9.17) is 21.4 Å². The summed E-state index contributed by atoms with van der Waals surface area (Å²) in [6.07, 6.45) is 1.96. The summed E-state index contributed by atoms with van der Waals surface area (Å²) in [7, 11) is 0. The maximum Gasteiger partial charge on any atom is 0.271 e. The molecule has 1 saturated heterocycles. The summed E-state index contributed by atoms with van der Waals surface area (Å²) in [5, 5.41) is 20.1. The Bertz CT molecular complexity index is 501. The van der Waals surface area contributed by atoms with Gasteiger partial charge in [-0.25, -0.2) is 0 Å². The Morgan fingerprint density at radius 3 is 2.95 bits per heavy atom. The number of rotatable bonds is 5. The molecule has 0 amide bonds. The summed E-state index contributed by atoms with van der Waals surface area (Å²) in [6.45, 7) is 3.68. The maximum absolute atomic E-state index is 10.9. The average molecular weight is 315 g/mol. The zero-order valence-corrected chi connectivity index (χ0v) is 12.7. The molecule has 0 spiro atoms. The number of nitrogens with zero attached hydrogens (tertiary/aromatic N) is 2. The van der Waals surface area contributed by atoms with Gasteiger partial charge in [0.05, 0.1) is 35.0 Å². The zero-order chi connectivity index (χ0) is 15.4. The molecule has 1 fully saturated rings. The van der Waals surface area contributed by atoms with E-state index in [9.17, 15) is 10.1 Å². The molecule has 116 valence electrons. The van der Waals surface area contributed by atoms with Crippen LogP contribution in [0.1, 0.15) is 18.4 Å². The number of nitro benzene ring substituents is 1. The first kappa shape index (κ1) is 16.0. The van der Waals surface area contributed by atoms with Gasteiger partial charge in [-0.05, 0) is 25.3 Å². The zero-order valence-electron chi connectivity index (χ0n) is 11.9. The number of hydrogen-bond donors (Lipinski definition) is 1. The van der Waals surface area contributed by atoms with Gasteiger partial charge in [-0.3, -0.25) is 10.1 Å². The van der Waals surface area contributed by atoms with E-state index < -0.39 is 4.92 Å². The molecule has 2 rings (SSSR count). The van der Waals surface area contributed by atoms with Crippen molar-refractivity contribution in [1.82, 2.24) is 0 Å². The van der Waals surface area contributed by atoms with Crippen molar-refractivity contribution in [2.24, 2.45) is 0 Å². The Morgan fingerprint density at radius 2 is 2.33 bits per heavy atom. The van der Waals surface area contributed by atoms with E-state index in [1.54, 1.807) is 6.07 Å². The third kappa shape index (κ3) is 3.84. The lowest BCUT2D eigenvalue weighted by Crippen LogP contribution is -2.40. The van der Waals surface area contributed by atoms with Gasteiger partial charge in [0.1, 0.15) is 0 Å². The Morgan fingerprint density at radius 1 is 1.57 bits per heavy atom. The van der Waals surface area contributed by atoms with Crippen molar-refractivity contribution in [3.8, 4) is 0 Å². The Hall–Kier alpha value is -1.37. The van der Waals surface area contributed by atoms with E-state index in [-0.39, 0.29) is 18.4 Å². The number of aryl methyl sites for hydroxylation is 1. The molecule has 0 saturated carbocycles. The smallest absolute Gasteiger partial charge is 0.271 e. The van der Waals surface area contributed by atoms with Crippen LogP contribution in [0.3, 0.4) is 0 Å². The highest BCUT2D eigenvalue weighted by atomic mass is 35.5. The molecular formula is C14H19ClN2O4. The highest BCUT2D eigenvalue weighted by Gasteiger charge is 2.24. The first-order valence-corrected chi connectivity index (χ1v) is 7.32. The van der Waals surface area contributed by atoms with Crippen LogP contribution in [-0.2, 0) is 4.74 Å². The molecule has 0 radical (unpaired) electrons. The van der Waals surface area contributed by atoms with Crippen molar-refractivity contribution < 1.29 is 14.8 Å². The van der Waals surface area contributed by atoms with Crippen LogP contribution in [0.15, 0.2) is 12.1 Å². The van der Waals surface area contributed by atoms with Crippen molar-refractivity contribution >= 4 is 23.0 Å². The number of piperidine rings is 1. The van der Waals surface area contributed by atoms with E-state index in [2.05, 4.69) is 4.90 Å². The first-order chi connectivity index (χ1) is 10.0. The second-order valence-electron chi connectivity index (χ2n) is 5.15. The third-order valence-corrected chi connectivity index (χ3v) is 3.88. The molecule has 1 aromatic carbocycles. The lowest BCUT2D eigenvalue weighted by atomic mass is 10.0. The molecule has 0 aliphatic carbocycles. The summed E-state index contributed by atoms with van der Waals surface area (Å²) >= 11 is 6.24. The van der Waals surface area contributed by atoms with Crippen LogP contribution in [0.5, 0.6) is 0 Å². The quantitative estimate of drug-likeness (QED) is 0.667. The van der Waals surface area contributed by atoms with Gasteiger partial charge >= 0.3 is 0 Å². The minimum atomic E-state index is -0.438. The number of aliphatic hydroxyl groups is 1. The van der Waals surface area contributed by atoms with Crippen LogP contribution >= 0.6 is 11.6 Å². The van der Waals surface area contributed by atoms with Crippen LogP contribution in [0.2, 0.25) is 5.02 Å². The van der Waals surface area contributed by atoms with Crippen LogP contribution < -0.4 is 4.90 Å². The number of non-ortho nitro benzene ring substituents is 1. The Labute approximate surface area is 128 Å². The average Bonchev–Trinajstić information content (AvgIpc) is 2.44. The number of nitro groups is 1. The minimum absolute atomic E-state index is 0.00587. The van der Waals surface area contributed by atoms with Gasteiger partial charge in [-0.2, -0.15) is 0 Å². The predicted octanol–water partition coefficient (Wildman–Crippen LogP) is 2.53. The predicted molar refractivity (Wildman–Crippen MR) is 81.1 cm³/mol. The number of ether oxygens (including phenoxy) is 1. The molecule has 6 nitrogen and oxygen atoms in total. The largest absolute Gasteiger partial charge is 0.394 e. The standard InChI is InChI=1S/C14H19ClN2O4/c1-10-7-11(17(19)20)8-13(15)14(10)16-4-2-3-12(9-16)21-6-5-18/h7-8,12,18H,2-6,9H2,1H3. The van der Waals surface area contributed by atoms with E-state index in [1.165, 1.54) is 6.07 Å². The number of anilines is 1. The molecule has 1 aliphatic rings. The van der Waals surface area contributed by atoms with Gasteiger partial charge in [-0.1, -0.05) is 11.6 Å². The molecule has 21 heavy (non-hydrogen) atoms. The Balaban J connectivity index is 2.19. The second-order valence-corrected chi connectivity index (χ2v) is 5.56. The molecule has 1 heterocycles. The van der Waals surface area contributed by atoms with Crippen molar-refractivity contribution in [2.45, 2.75) is 25.9 Å². The van der Waals surface area contributed by atoms with Gasteiger partial charge in [-0.15, -0.1) is 0 Å². The summed E-state index contributed by atoms with van der Waals surface area (Å²) < 4.78 is 5.58. The monoisotopic (exact) mass is 314 g/mol. The maximum atomic E-state index is 10.9. The van der Waals surface area contributed by atoms with Gasteiger partial charge in [0.2, 0.25) is 0 Å². The van der Waals surface area contributed by atoms with E-state index >= 15 is 0 Å². The van der Waals surface area contributed by atoms with Gasteiger partial charge in [0.25, 0.3) is 5.69 Å². The SMILES string of the molecule is Cc1cc([N+](=O)[O-])cc(Cl)c1N1CCCC(OCCO)C1. The fourth-order valence-electron chi connectivity index (χ4n) is 2.72. The second kappa shape index (κ2) is 7.06. The summed E-state index contributed by atoms with van der Waals surface area (Å²) in [6, 6.07) is 2.93. The molecule has 0 bridgehead atoms. The van der Waals surface area contributed by atoms with Gasteiger partial charge < -0.3 is 14.7 Å². The van der Waals surface area contributed by atoms with Crippen molar-refractivity contribution in [2.75, 3.05) is 31.2 Å². The molecule has 1 unspecified atom stereocenters. The van der Waals surface area contributed by atoms with Crippen molar-refractivity contribution in [1.29, 1.82) is 0 Å². The number of benzene rings is 1. The van der Waals surface area contributed by atoms with E-state index in [1.807, 2.05) is 6.92 Å². The molecule has 1 atom stereocenters. The lowest BCUT2D eigenvalue weighted by Gasteiger charge is -2.35. The van der Waals surface area contributed by atoms with Crippen LogP contribution in [0.25, 0.3) is 0 Å². The summed E-state index contributed by atoms with van der Waals surface area (Å²) in [5.41, 5.74) is 1.63. The topological polar surface area (TPSA) is 75.8 Å². The summed E-state index contributed by atoms with van der Waals surface area (Å²) in [4.78, 5) is 12.5. The van der Waals surface area contributed by atoms with E-state index in [0.29, 0.717) is 18.2 Å². The number of halogens is 1. The fourth-order valence-corrected chi connectivity index (χ4v) is 3.10. The molecule has 1 aliphatic heterocycles. The van der Waals surface area contributed by atoms with Crippen LogP contribution in [0, 0.1) is 17.0 Å². The van der Waals surface area contributed by atoms with Gasteiger partial charge in [0.15, 0.2) is 0 Å². The molecule has 7 heteroatoms. The highest BCUT2D eigenvalue weighted by Crippen LogP contribution is 2.35. The summed E-state index contributed by atoms with van der Waals surface area (Å²) in [5.74, 6) is 0. The fraction of sp³-hybridized carbons (Fsp3) is 0.571. The molecule has 1 aromatic rings. The van der Waals surface area contributed by atoms with Gasteiger partial charge in [0, 0.05) is 25.2 Å². The van der Waals surface area contributed by atoms with Crippen molar-refractivity contribution in [3.05, 3.63) is 32.8 Å². The molecule has 0 aromatic heterocycles. The highest BCUT2D eigenvalue weighted by molar-refractivity contribution is 6.33. The Kier molecular flexibility index (Phi) is 5.39. The normalized spacial score (nSPS) is 18.8. The molecular weight excluding hydrogens is 296 g/mol. The molecule has 1 N–H and O–H groups in total.